The van der Waals surface area contributed by atoms with Crippen molar-refractivity contribution in [2.75, 3.05) is 0 Å². The number of carbonyl (C=O) groups excluding carboxylic acids is 8. The van der Waals surface area contributed by atoms with Gasteiger partial charge in [-0.1, -0.05) is 133 Å². The number of carbonyl (C=O) groups is 12. The molecular weight excluding hydrogens is 1110 g/mol. The minimum absolute atomic E-state index is 0.0819. The molecule has 0 aromatic heterocycles. The highest BCUT2D eigenvalue weighted by Gasteiger charge is 2.32. The van der Waals surface area contributed by atoms with Gasteiger partial charge in [-0.2, -0.15) is 0 Å². The van der Waals surface area contributed by atoms with Crippen LogP contribution in [0.15, 0.2) is 133 Å². The van der Waals surface area contributed by atoms with Crippen LogP contribution in [0.1, 0.15) is 94.6 Å². The summed E-state index contributed by atoms with van der Waals surface area (Å²) in [6.07, 6.45) is 5.48. The maximum absolute atomic E-state index is 13.2. The lowest BCUT2D eigenvalue weighted by Gasteiger charge is -2.24. The van der Waals surface area contributed by atoms with E-state index in [1.165, 1.54) is 27.7 Å². The molecule has 0 fully saturated rings. The second-order valence-electron chi connectivity index (χ2n) is 19.9. The second kappa shape index (κ2) is 32.2. The molecule has 8 amide bonds. The molecule has 0 radical (unpaired) electrons. The first-order chi connectivity index (χ1) is 40.8. The van der Waals surface area contributed by atoms with Crippen LogP contribution in [0.4, 0.5) is 0 Å². The summed E-state index contributed by atoms with van der Waals surface area (Å²) in [6.45, 7) is 5.53. The normalized spacial score (nSPS) is 13.8. The van der Waals surface area contributed by atoms with E-state index < -0.39 is 132 Å². The largest absolute Gasteiger partial charge is 0.481 e. The van der Waals surface area contributed by atoms with Crippen molar-refractivity contribution in [2.45, 2.75) is 102 Å². The Bertz CT molecular complexity index is 3100. The topological polar surface area (TPSA) is 382 Å². The smallest absolute Gasteiger partial charge is 0.326 e. The summed E-state index contributed by atoms with van der Waals surface area (Å²) >= 11 is 0. The van der Waals surface area contributed by atoms with Gasteiger partial charge in [-0.15, -0.1) is 0 Å². The van der Waals surface area contributed by atoms with Crippen LogP contribution < -0.4 is 42.5 Å². The summed E-state index contributed by atoms with van der Waals surface area (Å²) in [5.74, 6) is -12.2. The number of aliphatic carboxylic acids is 4. The lowest BCUT2D eigenvalue weighted by atomic mass is 10.0. The third-order valence-electron chi connectivity index (χ3n) is 13.0. The molecule has 0 saturated carbocycles. The zero-order valence-corrected chi connectivity index (χ0v) is 47.1. The molecule has 24 nitrogen and oxygen atoms in total. The third kappa shape index (κ3) is 21.5. The molecular formula is C62H66N8O16. The van der Waals surface area contributed by atoms with E-state index in [4.69, 9.17) is 10.2 Å². The number of benzene rings is 5. The minimum atomic E-state index is -1.77. The Labute approximate surface area is 493 Å². The van der Waals surface area contributed by atoms with Gasteiger partial charge in [0.1, 0.15) is 48.3 Å². The fourth-order valence-corrected chi connectivity index (χ4v) is 8.10. The molecule has 0 aliphatic heterocycles. The van der Waals surface area contributed by atoms with Crippen LogP contribution in [0.3, 0.4) is 0 Å². The van der Waals surface area contributed by atoms with Crippen molar-refractivity contribution in [1.82, 2.24) is 42.5 Å². The van der Waals surface area contributed by atoms with Crippen LogP contribution in [0.5, 0.6) is 0 Å². The second-order valence-corrected chi connectivity index (χ2v) is 19.9. The van der Waals surface area contributed by atoms with Gasteiger partial charge < -0.3 is 63.0 Å². The van der Waals surface area contributed by atoms with E-state index in [0.717, 1.165) is 22.3 Å². The van der Waals surface area contributed by atoms with Crippen LogP contribution in [-0.4, -0.2) is 140 Å². The van der Waals surface area contributed by atoms with E-state index in [9.17, 15) is 67.7 Å². The molecule has 12 N–H and O–H groups in total. The molecule has 0 saturated heterocycles. The van der Waals surface area contributed by atoms with Crippen molar-refractivity contribution in [3.8, 4) is 0 Å². The summed E-state index contributed by atoms with van der Waals surface area (Å²) in [5.41, 5.74) is 5.00. The molecule has 5 aromatic carbocycles. The fraction of sp³-hybridized carbons (Fsp3) is 0.258. The van der Waals surface area contributed by atoms with Crippen molar-refractivity contribution >= 4 is 95.4 Å². The van der Waals surface area contributed by atoms with E-state index in [1.54, 1.807) is 109 Å². The molecule has 0 bridgehead atoms. The third-order valence-corrected chi connectivity index (χ3v) is 13.0. The summed E-state index contributed by atoms with van der Waals surface area (Å²) in [4.78, 5) is 151. The molecule has 0 unspecified atom stereocenters. The molecule has 0 heterocycles. The van der Waals surface area contributed by atoms with Crippen molar-refractivity contribution in [3.05, 3.63) is 178 Å². The molecule has 8 atom stereocenters. The number of carboxylic acid groups (broad SMARTS) is 4. The highest BCUT2D eigenvalue weighted by Crippen LogP contribution is 2.15. The van der Waals surface area contributed by atoms with Gasteiger partial charge in [-0.25, -0.2) is 9.59 Å². The van der Waals surface area contributed by atoms with Gasteiger partial charge in [0.2, 0.25) is 35.4 Å². The lowest BCUT2D eigenvalue weighted by Crippen LogP contribution is -2.57. The number of nitrogens with one attached hydrogen (secondary N) is 8. The van der Waals surface area contributed by atoms with Crippen molar-refractivity contribution in [3.63, 3.8) is 0 Å². The van der Waals surface area contributed by atoms with E-state index in [1.807, 2.05) is 48.6 Å². The molecule has 86 heavy (non-hydrogen) atoms. The number of hydrogen-bond acceptors (Lipinski definition) is 12. The van der Waals surface area contributed by atoms with Crippen LogP contribution in [0, 0.1) is 0 Å². The first-order valence-corrected chi connectivity index (χ1v) is 26.9. The van der Waals surface area contributed by atoms with Gasteiger partial charge in [0.15, 0.2) is 0 Å². The van der Waals surface area contributed by atoms with Gasteiger partial charge in [-0.05, 0) is 85.3 Å². The maximum atomic E-state index is 13.2. The fourth-order valence-electron chi connectivity index (χ4n) is 8.10. The Balaban J connectivity index is 1.06. The van der Waals surface area contributed by atoms with Crippen LogP contribution >= 0.6 is 0 Å². The van der Waals surface area contributed by atoms with Gasteiger partial charge in [0.25, 0.3) is 11.8 Å². The number of amides is 8. The zero-order valence-electron chi connectivity index (χ0n) is 47.1. The van der Waals surface area contributed by atoms with Gasteiger partial charge >= 0.3 is 23.9 Å². The standard InChI is InChI=1S/C62H66N8O16/c1-35(53(75)63-37(3)55(77)67-47(31-43-11-7-5-8-12-43)59(81)69-49(61(83)84)33-51(71)72)65-57(79)45-27-23-41(24-28-45)21-19-39-15-17-40(18-16-39)20-22-42-25-29-46(30-26-42)58(80)66-36(2)54(76)64-38(4)56(78)68-48(32-44-13-9-6-10-14-44)60(82)70-50(62(85)86)34-52(73)74/h5-30,35-38,47-50H,31-34H2,1-4H3,(H,63,75)(H,64,76)(H,65,79)(H,66,80)(H,67,77)(H,68,78)(H,69,81)(H,70,82)(H,71,72)(H,73,74)(H,83,84)(H,85,86)/b21-19+,22-20+/t35-,36-,37-,38-,47-,48-,49-,50-/m0/s1. The first kappa shape index (κ1) is 66.0. The SMILES string of the molecule is C[C@H](NC(=O)c1ccc(/C=C/c2ccc(/C=C/c3ccc(C(=O)N[C@@H](C)C(=O)N[C@@H](C)C(=O)N[C@@H](Cc4ccccc4)C(=O)N[C@@H](CC(=O)O)C(=O)O)cc3)cc2)cc1)C(=O)N[C@@H](C)C(=O)N[C@@H](Cc1ccccc1)C(=O)N[C@@H](CC(=O)O)C(=O)O. The van der Waals surface area contributed by atoms with Crippen molar-refractivity contribution in [2.24, 2.45) is 0 Å². The first-order valence-electron chi connectivity index (χ1n) is 26.9. The Morgan fingerprint density at radius 3 is 0.860 bits per heavy atom. The molecule has 450 valence electrons. The van der Waals surface area contributed by atoms with Crippen molar-refractivity contribution < 1.29 is 78.0 Å². The van der Waals surface area contributed by atoms with Gasteiger partial charge in [0, 0.05) is 24.0 Å². The van der Waals surface area contributed by atoms with E-state index in [0.29, 0.717) is 11.1 Å². The van der Waals surface area contributed by atoms with Gasteiger partial charge in [-0.3, -0.25) is 47.9 Å². The number of hydrogen-bond donors (Lipinski definition) is 12. The Morgan fingerprint density at radius 1 is 0.326 bits per heavy atom. The number of rotatable bonds is 30. The summed E-state index contributed by atoms with van der Waals surface area (Å²) in [6, 6.07) is 26.9. The highest BCUT2D eigenvalue weighted by molar-refractivity contribution is 6.00. The summed E-state index contributed by atoms with van der Waals surface area (Å²) < 4.78 is 0. The van der Waals surface area contributed by atoms with Crippen LogP contribution in [0.25, 0.3) is 24.3 Å². The average molecular weight is 1180 g/mol. The molecule has 5 aromatic rings. The Morgan fingerprint density at radius 2 is 0.581 bits per heavy atom. The summed E-state index contributed by atoms with van der Waals surface area (Å²) in [7, 11) is 0. The molecule has 0 aliphatic rings. The summed E-state index contributed by atoms with van der Waals surface area (Å²) in [5, 5.41) is 56.5. The van der Waals surface area contributed by atoms with Gasteiger partial charge in [0.05, 0.1) is 12.8 Å². The molecule has 5 rings (SSSR count). The minimum Gasteiger partial charge on any atom is -0.481 e. The van der Waals surface area contributed by atoms with Crippen molar-refractivity contribution in [1.29, 1.82) is 0 Å². The van der Waals surface area contributed by atoms with E-state index >= 15 is 0 Å². The van der Waals surface area contributed by atoms with E-state index in [-0.39, 0.29) is 24.0 Å². The quantitative estimate of drug-likeness (QED) is 0.0294. The zero-order chi connectivity index (χ0) is 63.0. The maximum Gasteiger partial charge on any atom is 0.326 e. The predicted octanol–water partition coefficient (Wildman–Crippen LogP) is 2.82. The monoisotopic (exact) mass is 1180 g/mol. The molecule has 0 aliphatic carbocycles. The average Bonchev–Trinajstić information content (AvgIpc) is 3.67. The lowest BCUT2D eigenvalue weighted by molar-refractivity contribution is -0.147. The van der Waals surface area contributed by atoms with Crippen LogP contribution in [-0.2, 0) is 60.8 Å². The van der Waals surface area contributed by atoms with Crippen LogP contribution in [0.2, 0.25) is 0 Å². The van der Waals surface area contributed by atoms with E-state index in [2.05, 4.69) is 42.5 Å². The molecule has 0 spiro atoms. The Hall–Kier alpha value is -10.8. The number of carboxylic acids is 4. The highest BCUT2D eigenvalue weighted by atomic mass is 16.4. The Kier molecular flexibility index (Phi) is 24.7. The predicted molar refractivity (Wildman–Crippen MR) is 314 cm³/mol. The molecule has 24 heteroatoms.